The van der Waals surface area contributed by atoms with Crippen molar-refractivity contribution < 1.29 is 14.5 Å². The molecule has 0 saturated carbocycles. The smallest absolute Gasteiger partial charge is 0.281 e. The Bertz CT molecular complexity index is 1320. The number of rotatable bonds is 7. The lowest BCUT2D eigenvalue weighted by Crippen LogP contribution is -2.16. The minimum Gasteiger partial charge on any atom is -0.488 e. The molecule has 32 heavy (non-hydrogen) atoms. The number of hydrazone groups is 1. The fourth-order valence-electron chi connectivity index (χ4n) is 2.93. The van der Waals surface area contributed by atoms with Crippen molar-refractivity contribution in [3.05, 3.63) is 103 Å². The number of nitrogens with one attached hydrogen (secondary N) is 1. The standard InChI is InChI=1S/C23H16BrN3O4S/c24-19-10-16(6-8-20(19)31-14-15-4-2-1-3-5-15)13-25-26-23(28)22-12-17-11-18(27(29)30)7-9-21(17)32-22/h1-13H,14H2,(H,26,28)/b25-13-. The summed E-state index contributed by atoms with van der Waals surface area (Å²) in [6, 6.07) is 21.5. The predicted molar refractivity (Wildman–Crippen MR) is 128 cm³/mol. The van der Waals surface area contributed by atoms with E-state index in [0.29, 0.717) is 22.6 Å². The van der Waals surface area contributed by atoms with E-state index < -0.39 is 4.92 Å². The molecule has 1 aromatic heterocycles. The first kappa shape index (κ1) is 21.7. The molecule has 1 amide bonds. The number of amides is 1. The van der Waals surface area contributed by atoms with Gasteiger partial charge in [0.2, 0.25) is 0 Å². The first-order valence-electron chi connectivity index (χ1n) is 9.47. The Hall–Kier alpha value is -3.56. The van der Waals surface area contributed by atoms with E-state index in [-0.39, 0.29) is 11.6 Å². The van der Waals surface area contributed by atoms with Crippen molar-refractivity contribution in [1.29, 1.82) is 0 Å². The number of thiophene rings is 1. The molecule has 0 aliphatic rings. The lowest BCUT2D eigenvalue weighted by Gasteiger charge is -2.08. The molecule has 0 atom stereocenters. The molecular formula is C23H16BrN3O4S. The van der Waals surface area contributed by atoms with E-state index in [4.69, 9.17) is 4.74 Å². The largest absolute Gasteiger partial charge is 0.488 e. The number of carbonyl (C=O) groups excluding carboxylic acids is 1. The van der Waals surface area contributed by atoms with Gasteiger partial charge >= 0.3 is 0 Å². The highest BCUT2D eigenvalue weighted by atomic mass is 79.9. The van der Waals surface area contributed by atoms with E-state index in [9.17, 15) is 14.9 Å². The molecule has 4 rings (SSSR count). The Morgan fingerprint density at radius 1 is 1.12 bits per heavy atom. The van der Waals surface area contributed by atoms with Crippen molar-refractivity contribution in [2.24, 2.45) is 5.10 Å². The van der Waals surface area contributed by atoms with Crippen molar-refractivity contribution >= 4 is 55.2 Å². The van der Waals surface area contributed by atoms with Gasteiger partial charge in [-0.1, -0.05) is 30.3 Å². The number of halogens is 1. The highest BCUT2D eigenvalue weighted by Crippen LogP contribution is 2.29. The van der Waals surface area contributed by atoms with Gasteiger partial charge in [-0.05, 0) is 57.4 Å². The van der Waals surface area contributed by atoms with Crippen LogP contribution in [0.4, 0.5) is 5.69 Å². The van der Waals surface area contributed by atoms with Gasteiger partial charge in [-0.2, -0.15) is 5.10 Å². The number of benzene rings is 3. The molecule has 0 aliphatic heterocycles. The second kappa shape index (κ2) is 9.71. The van der Waals surface area contributed by atoms with Gasteiger partial charge in [-0.15, -0.1) is 11.3 Å². The lowest BCUT2D eigenvalue weighted by atomic mass is 10.2. The second-order valence-corrected chi connectivity index (χ2v) is 8.69. The Balaban J connectivity index is 1.38. The number of carbonyl (C=O) groups is 1. The van der Waals surface area contributed by atoms with E-state index in [2.05, 4.69) is 26.5 Å². The molecule has 160 valence electrons. The molecule has 0 saturated heterocycles. The van der Waals surface area contributed by atoms with Crippen LogP contribution in [0.15, 0.2) is 82.4 Å². The number of hydrogen-bond donors (Lipinski definition) is 1. The summed E-state index contributed by atoms with van der Waals surface area (Å²) in [6.07, 6.45) is 1.53. The lowest BCUT2D eigenvalue weighted by molar-refractivity contribution is -0.384. The average Bonchev–Trinajstić information content (AvgIpc) is 3.23. The molecule has 0 fully saturated rings. The van der Waals surface area contributed by atoms with Gasteiger partial charge in [0.15, 0.2) is 0 Å². The number of ether oxygens (including phenoxy) is 1. The van der Waals surface area contributed by atoms with Crippen LogP contribution in [-0.2, 0) is 6.61 Å². The van der Waals surface area contributed by atoms with Gasteiger partial charge in [0.1, 0.15) is 12.4 Å². The number of hydrogen-bond acceptors (Lipinski definition) is 6. The minimum atomic E-state index is -0.461. The van der Waals surface area contributed by atoms with Crippen LogP contribution in [0.3, 0.4) is 0 Å². The molecule has 7 nitrogen and oxygen atoms in total. The summed E-state index contributed by atoms with van der Waals surface area (Å²) in [4.78, 5) is 23.3. The summed E-state index contributed by atoms with van der Waals surface area (Å²) in [7, 11) is 0. The third-order valence-corrected chi connectivity index (χ3v) is 6.24. The Labute approximate surface area is 195 Å². The van der Waals surface area contributed by atoms with E-state index in [1.54, 1.807) is 12.1 Å². The van der Waals surface area contributed by atoms with Gasteiger partial charge in [-0.25, -0.2) is 5.43 Å². The first-order valence-corrected chi connectivity index (χ1v) is 11.1. The number of non-ortho nitro benzene ring substituents is 1. The van der Waals surface area contributed by atoms with Gasteiger partial charge in [0.05, 0.1) is 20.5 Å². The van der Waals surface area contributed by atoms with Gasteiger partial charge < -0.3 is 4.74 Å². The molecule has 4 aromatic rings. The second-order valence-electron chi connectivity index (χ2n) is 6.75. The molecule has 3 aromatic carbocycles. The van der Waals surface area contributed by atoms with Crippen molar-refractivity contribution in [2.75, 3.05) is 0 Å². The third-order valence-electron chi connectivity index (χ3n) is 4.51. The van der Waals surface area contributed by atoms with Crippen LogP contribution in [0.1, 0.15) is 20.8 Å². The minimum absolute atomic E-state index is 0.0120. The monoisotopic (exact) mass is 509 g/mol. The number of nitro groups is 1. The Kier molecular flexibility index (Phi) is 6.58. The molecular weight excluding hydrogens is 494 g/mol. The zero-order chi connectivity index (χ0) is 22.5. The van der Waals surface area contributed by atoms with Crippen LogP contribution >= 0.6 is 27.3 Å². The summed E-state index contributed by atoms with van der Waals surface area (Å²) < 4.78 is 7.39. The Morgan fingerprint density at radius 2 is 1.94 bits per heavy atom. The molecule has 0 radical (unpaired) electrons. The highest BCUT2D eigenvalue weighted by molar-refractivity contribution is 9.10. The van der Waals surface area contributed by atoms with Crippen molar-refractivity contribution in [1.82, 2.24) is 5.43 Å². The number of fused-ring (bicyclic) bond motifs is 1. The highest BCUT2D eigenvalue weighted by Gasteiger charge is 2.13. The Morgan fingerprint density at radius 3 is 2.69 bits per heavy atom. The summed E-state index contributed by atoms with van der Waals surface area (Å²) in [6.45, 7) is 0.460. The topological polar surface area (TPSA) is 93.8 Å². The zero-order valence-corrected chi connectivity index (χ0v) is 18.9. The van der Waals surface area contributed by atoms with Gasteiger partial charge in [0, 0.05) is 22.2 Å². The molecule has 0 bridgehead atoms. The fraction of sp³-hybridized carbons (Fsp3) is 0.0435. The van der Waals surface area contributed by atoms with Crippen molar-refractivity contribution in [3.8, 4) is 5.75 Å². The van der Waals surface area contributed by atoms with E-state index in [1.165, 1.54) is 29.7 Å². The van der Waals surface area contributed by atoms with Crippen LogP contribution in [0.2, 0.25) is 0 Å². The van der Waals surface area contributed by atoms with Gasteiger partial charge in [0.25, 0.3) is 11.6 Å². The molecule has 1 N–H and O–H groups in total. The fourth-order valence-corrected chi connectivity index (χ4v) is 4.37. The molecule has 0 aliphatic carbocycles. The number of nitro benzene ring substituents is 1. The van der Waals surface area contributed by atoms with Gasteiger partial charge in [-0.3, -0.25) is 14.9 Å². The van der Waals surface area contributed by atoms with Crippen LogP contribution in [0, 0.1) is 10.1 Å². The van der Waals surface area contributed by atoms with E-state index in [0.717, 1.165) is 20.3 Å². The zero-order valence-electron chi connectivity index (χ0n) is 16.5. The summed E-state index contributed by atoms with van der Waals surface area (Å²) >= 11 is 4.74. The van der Waals surface area contributed by atoms with Crippen molar-refractivity contribution in [3.63, 3.8) is 0 Å². The summed E-state index contributed by atoms with van der Waals surface area (Å²) in [5.74, 6) is 0.321. The van der Waals surface area contributed by atoms with Crippen LogP contribution in [0.25, 0.3) is 10.1 Å². The van der Waals surface area contributed by atoms with Crippen molar-refractivity contribution in [2.45, 2.75) is 6.61 Å². The third kappa shape index (κ3) is 5.19. The van der Waals surface area contributed by atoms with E-state index in [1.807, 2.05) is 48.5 Å². The normalized spacial score (nSPS) is 11.0. The first-order chi connectivity index (χ1) is 15.5. The van der Waals surface area contributed by atoms with Crippen LogP contribution in [-0.4, -0.2) is 17.0 Å². The molecule has 0 spiro atoms. The quantitative estimate of drug-likeness (QED) is 0.190. The summed E-state index contributed by atoms with van der Waals surface area (Å²) in [5, 5.41) is 15.6. The van der Waals surface area contributed by atoms with E-state index >= 15 is 0 Å². The number of nitrogens with zero attached hydrogens (tertiary/aromatic N) is 2. The maximum Gasteiger partial charge on any atom is 0.281 e. The SMILES string of the molecule is O=C(N/N=C\c1ccc(OCc2ccccc2)c(Br)c1)c1cc2cc([N+](=O)[O-])ccc2s1. The summed E-state index contributed by atoms with van der Waals surface area (Å²) in [5.41, 5.74) is 4.32. The average molecular weight is 510 g/mol. The maximum atomic E-state index is 12.4. The van der Waals surface area contributed by atoms with Crippen LogP contribution in [0.5, 0.6) is 5.75 Å². The maximum absolute atomic E-state index is 12.4. The molecule has 0 unspecified atom stereocenters. The van der Waals surface area contributed by atoms with Crippen LogP contribution < -0.4 is 10.2 Å². The molecule has 9 heteroatoms. The molecule has 1 heterocycles. The predicted octanol–water partition coefficient (Wildman–Crippen LogP) is 5.91.